The van der Waals surface area contributed by atoms with E-state index in [1.54, 1.807) is 0 Å². The van der Waals surface area contributed by atoms with Crippen LogP contribution < -0.4 is 4.74 Å². The van der Waals surface area contributed by atoms with Gasteiger partial charge in [-0.25, -0.2) is 4.79 Å². The van der Waals surface area contributed by atoms with Crippen molar-refractivity contribution in [2.45, 2.75) is 12.5 Å². The van der Waals surface area contributed by atoms with Gasteiger partial charge in [-0.15, -0.1) is 0 Å². The molecule has 1 aromatic rings. The molecular weight excluding hydrogens is 232 g/mol. The third-order valence-electron chi connectivity index (χ3n) is 1.71. The van der Waals surface area contributed by atoms with Gasteiger partial charge in [-0.05, 0) is 24.3 Å². The Hall–Kier alpha value is -1.79. The van der Waals surface area contributed by atoms with Gasteiger partial charge in [0.15, 0.2) is 0 Å². The summed E-state index contributed by atoms with van der Waals surface area (Å²) in [4.78, 5) is 10.2. The smallest absolute Gasteiger partial charge is 0.387 e. The van der Waals surface area contributed by atoms with E-state index < -0.39 is 24.1 Å². The number of halogens is 4. The largest absolute Gasteiger partial charge is 0.477 e. The number of hydrogen-bond acceptors (Lipinski definition) is 2. The normalized spacial score (nSPS) is 11.6. The fourth-order valence-electron chi connectivity index (χ4n) is 0.969. The van der Waals surface area contributed by atoms with Crippen molar-refractivity contribution in [2.24, 2.45) is 0 Å². The van der Waals surface area contributed by atoms with Crippen LogP contribution in [0.25, 0.3) is 0 Å². The summed E-state index contributed by atoms with van der Waals surface area (Å²) in [5, 5.41) is 8.21. The van der Waals surface area contributed by atoms with Gasteiger partial charge in [0, 0.05) is 5.56 Å². The maximum absolute atomic E-state index is 12.9. The van der Waals surface area contributed by atoms with Crippen LogP contribution in [-0.2, 0) is 10.7 Å². The molecule has 3 nitrogen and oxygen atoms in total. The van der Waals surface area contributed by atoms with Crippen LogP contribution in [0.4, 0.5) is 17.6 Å². The minimum Gasteiger partial charge on any atom is -0.477 e. The quantitative estimate of drug-likeness (QED) is 0.819. The first-order valence-electron chi connectivity index (χ1n) is 4.00. The Labute approximate surface area is 87.3 Å². The predicted molar refractivity (Wildman–Crippen MR) is 44.6 cm³/mol. The van der Waals surface area contributed by atoms with E-state index in [2.05, 4.69) is 4.74 Å². The Balaban J connectivity index is 2.91. The molecule has 0 bridgehead atoms. The minimum absolute atomic E-state index is 0.320. The Bertz CT molecular complexity index is 375. The maximum Gasteiger partial charge on any atom is 0.387 e. The zero-order valence-corrected chi connectivity index (χ0v) is 7.66. The van der Waals surface area contributed by atoms with Crippen molar-refractivity contribution in [1.29, 1.82) is 0 Å². The number of carboxylic acid groups (broad SMARTS) is 1. The van der Waals surface area contributed by atoms with Crippen LogP contribution in [0.5, 0.6) is 5.75 Å². The number of carbonyl (C=O) groups is 1. The Morgan fingerprint density at radius 2 is 1.75 bits per heavy atom. The molecule has 0 aliphatic carbocycles. The van der Waals surface area contributed by atoms with E-state index in [9.17, 15) is 22.4 Å². The number of aliphatic carboxylic acids is 1. The summed E-state index contributed by atoms with van der Waals surface area (Å²) in [7, 11) is 0. The third kappa shape index (κ3) is 2.62. The average Bonchev–Trinajstić information content (AvgIpc) is 2.17. The molecule has 0 radical (unpaired) electrons. The van der Waals surface area contributed by atoms with Gasteiger partial charge in [0.25, 0.3) is 0 Å². The van der Waals surface area contributed by atoms with Gasteiger partial charge in [0.2, 0.25) is 0 Å². The van der Waals surface area contributed by atoms with E-state index in [4.69, 9.17) is 5.11 Å². The average molecular weight is 238 g/mol. The predicted octanol–water partition coefficient (Wildman–Crippen LogP) is 2.46. The number of rotatable bonds is 4. The van der Waals surface area contributed by atoms with E-state index in [0.717, 1.165) is 12.1 Å². The molecule has 0 aliphatic heterocycles. The number of carboxylic acids is 1. The molecule has 7 heteroatoms. The molecule has 0 unspecified atom stereocenters. The third-order valence-corrected chi connectivity index (χ3v) is 1.71. The Morgan fingerprint density at radius 1 is 1.25 bits per heavy atom. The summed E-state index contributed by atoms with van der Waals surface area (Å²) in [6.07, 6.45) is 0. The van der Waals surface area contributed by atoms with Crippen LogP contribution in [0, 0.1) is 0 Å². The van der Waals surface area contributed by atoms with Crippen LogP contribution in [0.1, 0.15) is 5.56 Å². The second-order valence-electron chi connectivity index (χ2n) is 2.78. The molecule has 0 heterocycles. The molecule has 0 spiro atoms. The fourth-order valence-corrected chi connectivity index (χ4v) is 0.969. The highest BCUT2D eigenvalue weighted by Crippen LogP contribution is 2.29. The first-order chi connectivity index (χ1) is 7.34. The lowest BCUT2D eigenvalue weighted by atomic mass is 10.1. The molecule has 0 saturated heterocycles. The maximum atomic E-state index is 12.9. The summed E-state index contributed by atoms with van der Waals surface area (Å²) in [5.41, 5.74) is -0.804. The highest BCUT2D eigenvalue weighted by molar-refractivity contribution is 5.77. The fraction of sp³-hybridized carbons (Fsp3) is 0.222. The first kappa shape index (κ1) is 12.3. The van der Waals surface area contributed by atoms with Crippen LogP contribution in [-0.4, -0.2) is 17.7 Å². The number of benzene rings is 1. The lowest BCUT2D eigenvalue weighted by Crippen LogP contribution is -2.25. The zero-order valence-electron chi connectivity index (χ0n) is 7.66. The SMILES string of the molecule is O=C(O)C(F)(F)c1ccc(OC(F)F)cc1. The first-order valence-corrected chi connectivity index (χ1v) is 4.00. The monoisotopic (exact) mass is 238 g/mol. The van der Waals surface area contributed by atoms with Crippen LogP contribution in [0.15, 0.2) is 24.3 Å². The highest BCUT2D eigenvalue weighted by atomic mass is 19.3. The van der Waals surface area contributed by atoms with Gasteiger partial charge in [-0.3, -0.25) is 0 Å². The van der Waals surface area contributed by atoms with Crippen molar-refractivity contribution in [1.82, 2.24) is 0 Å². The van der Waals surface area contributed by atoms with Crippen LogP contribution >= 0.6 is 0 Å². The number of hydrogen-bond donors (Lipinski definition) is 1. The summed E-state index contributed by atoms with van der Waals surface area (Å²) in [6, 6.07) is 3.12. The van der Waals surface area contributed by atoms with Crippen LogP contribution in [0.2, 0.25) is 0 Å². The standard InChI is InChI=1S/C9H6F4O3/c10-8(11)16-6-3-1-5(2-4-6)9(12,13)7(14)15/h1-4,8H,(H,14,15). The van der Waals surface area contributed by atoms with Gasteiger partial charge in [0.1, 0.15) is 5.75 Å². The molecule has 0 aromatic heterocycles. The second-order valence-corrected chi connectivity index (χ2v) is 2.78. The van der Waals surface area contributed by atoms with Crippen molar-refractivity contribution in [3.8, 4) is 5.75 Å². The molecule has 0 aliphatic rings. The van der Waals surface area contributed by atoms with Crippen molar-refractivity contribution < 1.29 is 32.2 Å². The lowest BCUT2D eigenvalue weighted by Gasteiger charge is -2.11. The molecular formula is C9H6F4O3. The number of ether oxygens (including phenoxy) is 1. The van der Waals surface area contributed by atoms with Crippen molar-refractivity contribution in [3.05, 3.63) is 29.8 Å². The van der Waals surface area contributed by atoms with Crippen molar-refractivity contribution in [2.75, 3.05) is 0 Å². The van der Waals surface area contributed by atoms with Gasteiger partial charge >= 0.3 is 18.5 Å². The van der Waals surface area contributed by atoms with Crippen molar-refractivity contribution >= 4 is 5.97 Å². The molecule has 0 saturated carbocycles. The van der Waals surface area contributed by atoms with Gasteiger partial charge in [0.05, 0.1) is 0 Å². The zero-order chi connectivity index (χ0) is 12.3. The van der Waals surface area contributed by atoms with Gasteiger partial charge < -0.3 is 9.84 Å². The van der Waals surface area contributed by atoms with E-state index in [1.165, 1.54) is 0 Å². The molecule has 16 heavy (non-hydrogen) atoms. The van der Waals surface area contributed by atoms with E-state index in [-0.39, 0.29) is 5.75 Å². The van der Waals surface area contributed by atoms with E-state index in [1.807, 2.05) is 0 Å². The molecule has 1 aromatic carbocycles. The number of alkyl halides is 4. The Morgan fingerprint density at radius 3 is 2.12 bits per heavy atom. The van der Waals surface area contributed by atoms with E-state index in [0.29, 0.717) is 12.1 Å². The second kappa shape index (κ2) is 4.38. The molecule has 0 fully saturated rings. The van der Waals surface area contributed by atoms with E-state index >= 15 is 0 Å². The highest BCUT2D eigenvalue weighted by Gasteiger charge is 2.40. The Kier molecular flexibility index (Phi) is 3.36. The molecule has 0 atom stereocenters. The molecule has 0 amide bonds. The van der Waals surface area contributed by atoms with Crippen LogP contribution in [0.3, 0.4) is 0 Å². The van der Waals surface area contributed by atoms with Gasteiger partial charge in [-0.1, -0.05) is 0 Å². The lowest BCUT2D eigenvalue weighted by molar-refractivity contribution is -0.166. The molecule has 1 N–H and O–H groups in total. The van der Waals surface area contributed by atoms with Gasteiger partial charge in [-0.2, -0.15) is 17.6 Å². The summed E-state index contributed by atoms with van der Waals surface area (Å²) in [5.74, 6) is -6.68. The van der Waals surface area contributed by atoms with Crippen molar-refractivity contribution in [3.63, 3.8) is 0 Å². The topological polar surface area (TPSA) is 46.5 Å². The summed E-state index contributed by atoms with van der Waals surface area (Å²) < 4.78 is 53.1. The summed E-state index contributed by atoms with van der Waals surface area (Å²) in [6.45, 7) is -3.06. The summed E-state index contributed by atoms with van der Waals surface area (Å²) >= 11 is 0. The minimum atomic E-state index is -4.05. The molecule has 1 rings (SSSR count). The molecule has 88 valence electrons.